The van der Waals surface area contributed by atoms with Gasteiger partial charge in [0.25, 0.3) is 0 Å². The highest BCUT2D eigenvalue weighted by atomic mass is 16.5. The predicted octanol–water partition coefficient (Wildman–Crippen LogP) is 0.694. The molecule has 3 rings (SSSR count). The average molecular weight is 246 g/mol. The molecule has 0 bridgehead atoms. The molecule has 96 valence electrons. The lowest BCUT2D eigenvalue weighted by molar-refractivity contribution is -0.153. The van der Waals surface area contributed by atoms with Crippen LogP contribution in [0.5, 0.6) is 0 Å². The van der Waals surface area contributed by atoms with E-state index >= 15 is 0 Å². The fraction of sp³-hybridized carbons (Fsp3) is 0.500. The van der Waals surface area contributed by atoms with Crippen molar-refractivity contribution in [2.45, 2.75) is 25.6 Å². The zero-order chi connectivity index (χ0) is 12.5. The van der Waals surface area contributed by atoms with E-state index in [9.17, 15) is 4.79 Å². The number of benzene rings is 1. The summed E-state index contributed by atoms with van der Waals surface area (Å²) in [4.78, 5) is 14.0. The molecule has 0 spiro atoms. The lowest BCUT2D eigenvalue weighted by Gasteiger charge is -2.36. The number of ether oxygens (including phenoxy) is 1. The van der Waals surface area contributed by atoms with Gasteiger partial charge in [-0.25, -0.2) is 0 Å². The normalized spacial score (nSPS) is 27.4. The molecule has 1 aromatic carbocycles. The molecule has 18 heavy (non-hydrogen) atoms. The lowest BCUT2D eigenvalue weighted by Crippen LogP contribution is -2.53. The lowest BCUT2D eigenvalue weighted by atomic mass is 10.1. The number of carbonyl (C=O) groups excluding carboxylic acids is 1. The molecular weight excluding hydrogens is 228 g/mol. The van der Waals surface area contributed by atoms with Crippen LogP contribution in [-0.4, -0.2) is 42.6 Å². The van der Waals surface area contributed by atoms with E-state index in [1.165, 1.54) is 11.1 Å². The number of hydrogen-bond donors (Lipinski definition) is 1. The largest absolute Gasteiger partial charge is 0.365 e. The SMILES string of the molecule is Cc1cccc(CN2C(=O)CO[C@@H]3CNC[C@H]32)c1. The van der Waals surface area contributed by atoms with E-state index in [-0.39, 0.29) is 24.7 Å². The van der Waals surface area contributed by atoms with Crippen LogP contribution < -0.4 is 5.32 Å². The fourth-order valence-corrected chi connectivity index (χ4v) is 2.78. The summed E-state index contributed by atoms with van der Waals surface area (Å²) < 4.78 is 5.55. The molecule has 4 heteroatoms. The monoisotopic (exact) mass is 246 g/mol. The molecule has 0 saturated carbocycles. The van der Waals surface area contributed by atoms with Gasteiger partial charge in [-0.05, 0) is 12.5 Å². The minimum Gasteiger partial charge on any atom is -0.365 e. The summed E-state index contributed by atoms with van der Waals surface area (Å²) in [5.41, 5.74) is 2.42. The van der Waals surface area contributed by atoms with Crippen LogP contribution in [0, 0.1) is 6.92 Å². The molecule has 0 unspecified atom stereocenters. The minimum atomic E-state index is 0.0986. The minimum absolute atomic E-state index is 0.0986. The number of hydrogen-bond acceptors (Lipinski definition) is 3. The van der Waals surface area contributed by atoms with E-state index in [0.717, 1.165) is 13.1 Å². The van der Waals surface area contributed by atoms with Gasteiger partial charge in [0.2, 0.25) is 5.91 Å². The van der Waals surface area contributed by atoms with Gasteiger partial charge < -0.3 is 15.0 Å². The maximum atomic E-state index is 12.0. The Morgan fingerprint density at radius 3 is 3.17 bits per heavy atom. The van der Waals surface area contributed by atoms with Crippen LogP contribution in [0.1, 0.15) is 11.1 Å². The second-order valence-electron chi connectivity index (χ2n) is 5.09. The Morgan fingerprint density at radius 1 is 1.44 bits per heavy atom. The van der Waals surface area contributed by atoms with Gasteiger partial charge in [0, 0.05) is 19.6 Å². The first-order valence-corrected chi connectivity index (χ1v) is 6.41. The highest BCUT2D eigenvalue weighted by Crippen LogP contribution is 2.21. The predicted molar refractivity (Wildman–Crippen MR) is 68.1 cm³/mol. The maximum Gasteiger partial charge on any atom is 0.249 e. The number of carbonyl (C=O) groups is 1. The smallest absolute Gasteiger partial charge is 0.249 e. The Balaban J connectivity index is 1.79. The van der Waals surface area contributed by atoms with Crippen LogP contribution in [-0.2, 0) is 16.1 Å². The zero-order valence-corrected chi connectivity index (χ0v) is 10.6. The summed E-state index contributed by atoms with van der Waals surface area (Å²) in [5, 5.41) is 3.29. The van der Waals surface area contributed by atoms with Crippen LogP contribution in [0.15, 0.2) is 24.3 Å². The molecule has 0 aromatic heterocycles. The van der Waals surface area contributed by atoms with E-state index in [1.807, 2.05) is 11.0 Å². The first-order chi connectivity index (χ1) is 8.74. The quantitative estimate of drug-likeness (QED) is 0.835. The highest BCUT2D eigenvalue weighted by Gasteiger charge is 2.39. The molecule has 0 radical (unpaired) electrons. The van der Waals surface area contributed by atoms with Crippen molar-refractivity contribution in [1.29, 1.82) is 0 Å². The van der Waals surface area contributed by atoms with Gasteiger partial charge in [-0.15, -0.1) is 0 Å². The van der Waals surface area contributed by atoms with Crippen LogP contribution in [0.2, 0.25) is 0 Å². The van der Waals surface area contributed by atoms with Gasteiger partial charge in [-0.3, -0.25) is 4.79 Å². The van der Waals surface area contributed by atoms with Gasteiger partial charge in [0.1, 0.15) is 6.61 Å². The van der Waals surface area contributed by atoms with Gasteiger partial charge in [-0.2, -0.15) is 0 Å². The molecule has 2 atom stereocenters. The third-order valence-corrected chi connectivity index (χ3v) is 3.71. The van der Waals surface area contributed by atoms with Crippen LogP contribution >= 0.6 is 0 Å². The zero-order valence-electron chi connectivity index (χ0n) is 10.6. The van der Waals surface area contributed by atoms with E-state index in [4.69, 9.17) is 4.74 Å². The van der Waals surface area contributed by atoms with E-state index in [1.54, 1.807) is 0 Å². The fourth-order valence-electron chi connectivity index (χ4n) is 2.78. The Labute approximate surface area is 107 Å². The van der Waals surface area contributed by atoms with Gasteiger partial charge in [0.05, 0.1) is 12.1 Å². The van der Waals surface area contributed by atoms with E-state index in [0.29, 0.717) is 6.54 Å². The third kappa shape index (κ3) is 2.13. The first-order valence-electron chi connectivity index (χ1n) is 6.41. The summed E-state index contributed by atoms with van der Waals surface area (Å²) >= 11 is 0. The maximum absolute atomic E-state index is 12.0. The van der Waals surface area contributed by atoms with E-state index < -0.39 is 0 Å². The second kappa shape index (κ2) is 4.71. The Kier molecular flexibility index (Phi) is 3.06. The Bertz CT molecular complexity index is 461. The van der Waals surface area contributed by atoms with Crippen molar-refractivity contribution in [3.05, 3.63) is 35.4 Å². The topological polar surface area (TPSA) is 41.6 Å². The summed E-state index contributed by atoms with van der Waals surface area (Å²) in [6.07, 6.45) is 0.160. The number of nitrogens with zero attached hydrogens (tertiary/aromatic N) is 1. The Hall–Kier alpha value is -1.39. The van der Waals surface area contributed by atoms with Crippen molar-refractivity contribution >= 4 is 5.91 Å². The summed E-state index contributed by atoms with van der Waals surface area (Å²) in [6.45, 7) is 4.66. The number of rotatable bonds is 2. The van der Waals surface area contributed by atoms with Crippen molar-refractivity contribution in [1.82, 2.24) is 10.2 Å². The number of aryl methyl sites for hydroxylation is 1. The molecule has 2 heterocycles. The summed E-state index contributed by atoms with van der Waals surface area (Å²) in [6, 6.07) is 8.52. The van der Waals surface area contributed by atoms with Crippen LogP contribution in [0.3, 0.4) is 0 Å². The van der Waals surface area contributed by atoms with E-state index in [2.05, 4.69) is 30.4 Å². The standard InChI is InChI=1S/C14H18N2O2/c1-10-3-2-4-11(5-10)8-16-12-6-15-7-13(12)18-9-14(16)17/h2-5,12-13,15H,6-9H2,1H3/t12-,13-/m1/s1. The van der Waals surface area contributed by atoms with Crippen LogP contribution in [0.25, 0.3) is 0 Å². The molecule has 1 N–H and O–H groups in total. The number of nitrogens with one attached hydrogen (secondary N) is 1. The number of morpholine rings is 1. The molecular formula is C14H18N2O2. The second-order valence-corrected chi connectivity index (χ2v) is 5.09. The summed E-state index contributed by atoms with van der Waals surface area (Å²) in [5.74, 6) is 0.0986. The van der Waals surface area contributed by atoms with Crippen molar-refractivity contribution in [3.63, 3.8) is 0 Å². The molecule has 2 aliphatic rings. The Morgan fingerprint density at radius 2 is 2.33 bits per heavy atom. The molecule has 1 amide bonds. The van der Waals surface area contributed by atoms with Gasteiger partial charge in [-0.1, -0.05) is 29.8 Å². The summed E-state index contributed by atoms with van der Waals surface area (Å²) in [7, 11) is 0. The highest BCUT2D eigenvalue weighted by molar-refractivity contribution is 5.78. The van der Waals surface area contributed by atoms with Crippen molar-refractivity contribution < 1.29 is 9.53 Å². The molecule has 0 aliphatic carbocycles. The molecule has 2 saturated heterocycles. The molecule has 1 aromatic rings. The third-order valence-electron chi connectivity index (χ3n) is 3.71. The van der Waals surface area contributed by atoms with Gasteiger partial charge >= 0.3 is 0 Å². The average Bonchev–Trinajstić information content (AvgIpc) is 2.81. The van der Waals surface area contributed by atoms with Crippen molar-refractivity contribution in [2.24, 2.45) is 0 Å². The number of amides is 1. The first kappa shape index (κ1) is 11.7. The molecule has 2 aliphatic heterocycles. The van der Waals surface area contributed by atoms with Gasteiger partial charge in [0.15, 0.2) is 0 Å². The van der Waals surface area contributed by atoms with Crippen molar-refractivity contribution in [3.8, 4) is 0 Å². The molecule has 2 fully saturated rings. The molecule has 4 nitrogen and oxygen atoms in total. The number of fused-ring (bicyclic) bond motifs is 1. The van der Waals surface area contributed by atoms with Crippen molar-refractivity contribution in [2.75, 3.05) is 19.7 Å². The van der Waals surface area contributed by atoms with Crippen LogP contribution in [0.4, 0.5) is 0 Å².